The molecule has 0 bridgehead atoms. The zero-order valence-electron chi connectivity index (χ0n) is 18.8. The van der Waals surface area contributed by atoms with E-state index in [-0.39, 0.29) is 17.4 Å². The molecule has 31 heavy (non-hydrogen) atoms. The first kappa shape index (κ1) is 23.3. The van der Waals surface area contributed by atoms with E-state index in [4.69, 9.17) is 5.73 Å². The summed E-state index contributed by atoms with van der Waals surface area (Å²) in [6, 6.07) is 1.99. The number of aromatic amines is 1. The lowest BCUT2D eigenvalue weighted by molar-refractivity contribution is 0.0989. The van der Waals surface area contributed by atoms with E-state index in [9.17, 15) is 14.4 Å². The molecule has 0 aliphatic heterocycles. The van der Waals surface area contributed by atoms with Crippen LogP contribution in [0.15, 0.2) is 15.7 Å². The van der Waals surface area contributed by atoms with Gasteiger partial charge in [-0.05, 0) is 56.1 Å². The Bertz CT molecular complexity index is 1010. The molecule has 7 nitrogen and oxygen atoms in total. The molecule has 1 aliphatic rings. The minimum absolute atomic E-state index is 0.0671. The molecule has 2 aromatic heterocycles. The van der Waals surface area contributed by atoms with Crippen LogP contribution in [0, 0.1) is 5.92 Å². The third-order valence-electron chi connectivity index (χ3n) is 5.85. The predicted octanol–water partition coefficient (Wildman–Crippen LogP) is 3.94. The van der Waals surface area contributed by atoms with Gasteiger partial charge in [0.05, 0.1) is 4.88 Å². The first-order valence-corrected chi connectivity index (χ1v) is 12.2. The lowest BCUT2D eigenvalue weighted by Gasteiger charge is -2.25. The minimum atomic E-state index is -0.606. The number of anilines is 2. The minimum Gasteiger partial charge on any atom is -0.383 e. The van der Waals surface area contributed by atoms with Gasteiger partial charge in [-0.3, -0.25) is 24.0 Å². The largest absolute Gasteiger partial charge is 0.383 e. The third-order valence-corrected chi connectivity index (χ3v) is 7.08. The second-order valence-corrected chi connectivity index (χ2v) is 9.89. The number of carbonyl (C=O) groups excluding carboxylic acids is 1. The van der Waals surface area contributed by atoms with Crippen molar-refractivity contribution < 1.29 is 4.79 Å². The summed E-state index contributed by atoms with van der Waals surface area (Å²) in [5, 5.41) is 0. The van der Waals surface area contributed by atoms with Crippen LogP contribution in [0.4, 0.5) is 11.5 Å². The van der Waals surface area contributed by atoms with Gasteiger partial charge in [-0.2, -0.15) is 0 Å². The lowest BCUT2D eigenvalue weighted by Crippen LogP contribution is -2.41. The maximum Gasteiger partial charge on any atom is 0.330 e. The van der Waals surface area contributed by atoms with Crippen molar-refractivity contribution in [1.82, 2.24) is 9.55 Å². The molecule has 0 fully saturated rings. The molecule has 0 atom stereocenters. The van der Waals surface area contributed by atoms with Gasteiger partial charge in [0, 0.05) is 18.0 Å². The Morgan fingerprint density at radius 3 is 2.71 bits per heavy atom. The summed E-state index contributed by atoms with van der Waals surface area (Å²) in [5.74, 6) is 0.204. The standard InChI is InChI=1S/C23H34N4O3S/c1-4-5-12-27-20(24)19(21(28)25-23(27)30)26(13-11-15(2)3)22(29)18-14-16-9-7-6-8-10-17(16)31-18/h14-15H,4-13,24H2,1-3H3,(H,25,28,30). The first-order chi connectivity index (χ1) is 14.8. The summed E-state index contributed by atoms with van der Waals surface area (Å²) < 4.78 is 1.37. The van der Waals surface area contributed by atoms with E-state index in [2.05, 4.69) is 18.8 Å². The maximum atomic E-state index is 13.6. The predicted molar refractivity (Wildman–Crippen MR) is 127 cm³/mol. The van der Waals surface area contributed by atoms with Gasteiger partial charge >= 0.3 is 5.69 Å². The Balaban J connectivity index is 2.04. The van der Waals surface area contributed by atoms with Gasteiger partial charge in [0.25, 0.3) is 11.5 Å². The van der Waals surface area contributed by atoms with Crippen LogP contribution in [-0.2, 0) is 19.4 Å². The average molecular weight is 447 g/mol. The number of unbranched alkanes of at least 4 members (excludes halogenated alkanes) is 1. The topological polar surface area (TPSA) is 101 Å². The van der Waals surface area contributed by atoms with Gasteiger partial charge in [-0.15, -0.1) is 11.3 Å². The number of fused-ring (bicyclic) bond motifs is 1. The van der Waals surface area contributed by atoms with Crippen LogP contribution in [-0.4, -0.2) is 22.0 Å². The molecular formula is C23H34N4O3S. The number of nitrogens with zero attached hydrogens (tertiary/aromatic N) is 2. The summed E-state index contributed by atoms with van der Waals surface area (Å²) in [7, 11) is 0. The van der Waals surface area contributed by atoms with Crippen molar-refractivity contribution in [2.75, 3.05) is 17.2 Å². The van der Waals surface area contributed by atoms with E-state index in [1.807, 2.05) is 13.0 Å². The number of rotatable bonds is 8. The zero-order valence-corrected chi connectivity index (χ0v) is 19.6. The number of hydrogen-bond acceptors (Lipinski definition) is 5. The molecule has 2 aromatic rings. The second-order valence-electron chi connectivity index (χ2n) is 8.76. The number of amides is 1. The van der Waals surface area contributed by atoms with Crippen molar-refractivity contribution in [2.45, 2.75) is 78.7 Å². The van der Waals surface area contributed by atoms with Crippen molar-refractivity contribution in [3.05, 3.63) is 42.2 Å². The average Bonchev–Trinajstić information content (AvgIpc) is 3.00. The SMILES string of the molecule is CCCCn1c(N)c(N(CCC(C)C)C(=O)c2cc3c(s2)CCCCC3)c(=O)[nH]c1=O. The van der Waals surface area contributed by atoms with Gasteiger partial charge in [-0.25, -0.2) is 4.79 Å². The van der Waals surface area contributed by atoms with E-state index < -0.39 is 11.2 Å². The number of nitrogen functional groups attached to an aromatic ring is 1. The molecule has 0 saturated heterocycles. The fourth-order valence-corrected chi connectivity index (χ4v) is 5.19. The monoisotopic (exact) mass is 446 g/mol. The lowest BCUT2D eigenvalue weighted by atomic mass is 10.1. The highest BCUT2D eigenvalue weighted by Crippen LogP contribution is 2.31. The summed E-state index contributed by atoms with van der Waals surface area (Å²) in [6.07, 6.45) is 7.88. The Morgan fingerprint density at radius 1 is 1.26 bits per heavy atom. The van der Waals surface area contributed by atoms with Crippen molar-refractivity contribution in [3.63, 3.8) is 0 Å². The molecule has 1 aliphatic carbocycles. The number of aromatic nitrogens is 2. The summed E-state index contributed by atoms with van der Waals surface area (Å²) in [5.41, 5.74) is 6.53. The molecule has 170 valence electrons. The van der Waals surface area contributed by atoms with Gasteiger partial charge in [0.1, 0.15) is 5.82 Å². The van der Waals surface area contributed by atoms with Crippen molar-refractivity contribution in [2.24, 2.45) is 5.92 Å². The van der Waals surface area contributed by atoms with Crippen LogP contribution in [0.1, 0.15) is 79.4 Å². The van der Waals surface area contributed by atoms with Gasteiger partial charge in [-0.1, -0.05) is 33.6 Å². The van der Waals surface area contributed by atoms with E-state index >= 15 is 0 Å². The molecule has 0 radical (unpaired) electrons. The smallest absolute Gasteiger partial charge is 0.330 e. The summed E-state index contributed by atoms with van der Waals surface area (Å²) in [4.78, 5) is 44.5. The fraction of sp³-hybridized carbons (Fsp3) is 0.609. The summed E-state index contributed by atoms with van der Waals surface area (Å²) >= 11 is 1.53. The Hall–Kier alpha value is -2.35. The molecule has 0 unspecified atom stereocenters. The van der Waals surface area contributed by atoms with Gasteiger partial charge in [0.2, 0.25) is 0 Å². The van der Waals surface area contributed by atoms with Crippen molar-refractivity contribution in [3.8, 4) is 0 Å². The van der Waals surface area contributed by atoms with Crippen molar-refractivity contribution >= 4 is 28.7 Å². The molecule has 1 amide bonds. The van der Waals surface area contributed by atoms with Crippen LogP contribution in [0.3, 0.4) is 0 Å². The molecule has 0 aromatic carbocycles. The number of hydrogen-bond donors (Lipinski definition) is 2. The molecule has 3 N–H and O–H groups in total. The van der Waals surface area contributed by atoms with Crippen LogP contribution in [0.5, 0.6) is 0 Å². The third kappa shape index (κ3) is 5.29. The van der Waals surface area contributed by atoms with Gasteiger partial charge in [0.15, 0.2) is 5.69 Å². The van der Waals surface area contributed by atoms with Crippen LogP contribution >= 0.6 is 11.3 Å². The number of aryl methyl sites for hydroxylation is 2. The number of H-pyrrole nitrogens is 1. The van der Waals surface area contributed by atoms with Crippen molar-refractivity contribution in [1.29, 1.82) is 0 Å². The van der Waals surface area contributed by atoms with E-state index in [1.165, 1.54) is 37.7 Å². The molecule has 0 saturated carbocycles. The number of thiophene rings is 1. The Labute approximate surface area is 187 Å². The number of nitrogens with two attached hydrogens (primary N) is 1. The molecule has 3 rings (SSSR count). The maximum absolute atomic E-state index is 13.6. The number of carbonyl (C=O) groups is 1. The molecule has 2 heterocycles. The second kappa shape index (κ2) is 10.3. The van der Waals surface area contributed by atoms with Crippen LogP contribution in [0.2, 0.25) is 0 Å². The van der Waals surface area contributed by atoms with Crippen LogP contribution in [0.25, 0.3) is 0 Å². The fourth-order valence-electron chi connectivity index (χ4n) is 3.98. The zero-order chi connectivity index (χ0) is 22.5. The quantitative estimate of drug-likeness (QED) is 0.600. The highest BCUT2D eigenvalue weighted by molar-refractivity contribution is 7.14. The van der Waals surface area contributed by atoms with E-state index in [1.54, 1.807) is 0 Å². The Kier molecular flexibility index (Phi) is 7.75. The normalized spacial score (nSPS) is 13.8. The van der Waals surface area contributed by atoms with E-state index in [0.717, 1.165) is 44.9 Å². The van der Waals surface area contributed by atoms with Gasteiger partial charge < -0.3 is 5.73 Å². The molecular weight excluding hydrogens is 412 g/mol. The highest BCUT2D eigenvalue weighted by atomic mass is 32.1. The van der Waals surface area contributed by atoms with Crippen LogP contribution < -0.4 is 21.9 Å². The van der Waals surface area contributed by atoms with E-state index in [0.29, 0.717) is 23.9 Å². The Morgan fingerprint density at radius 2 is 2.00 bits per heavy atom. The first-order valence-electron chi connectivity index (χ1n) is 11.4. The molecule has 8 heteroatoms. The highest BCUT2D eigenvalue weighted by Gasteiger charge is 2.27. The number of nitrogens with one attached hydrogen (secondary N) is 1. The summed E-state index contributed by atoms with van der Waals surface area (Å²) in [6.45, 7) is 6.95. The molecule has 0 spiro atoms.